The molecule has 0 unspecified atom stereocenters. The van der Waals surface area contributed by atoms with Crippen molar-refractivity contribution in [2.24, 2.45) is 0 Å². The lowest BCUT2D eigenvalue weighted by molar-refractivity contribution is 0.498. The SMILES string of the molecule is CCNCc1ccccc1S(=O)(=O)NCc1ccco1. The molecule has 0 radical (unpaired) electrons. The molecule has 108 valence electrons. The lowest BCUT2D eigenvalue weighted by Gasteiger charge is -2.11. The number of furan rings is 1. The van der Waals surface area contributed by atoms with Crippen LogP contribution in [0.25, 0.3) is 0 Å². The first-order valence-electron chi connectivity index (χ1n) is 6.44. The first-order valence-corrected chi connectivity index (χ1v) is 7.92. The van der Waals surface area contributed by atoms with Crippen LogP contribution in [0.4, 0.5) is 0 Å². The van der Waals surface area contributed by atoms with Gasteiger partial charge in [0.05, 0.1) is 17.7 Å². The fourth-order valence-electron chi connectivity index (χ4n) is 1.83. The molecule has 1 aromatic heterocycles. The smallest absolute Gasteiger partial charge is 0.241 e. The van der Waals surface area contributed by atoms with Gasteiger partial charge in [-0.05, 0) is 30.3 Å². The summed E-state index contributed by atoms with van der Waals surface area (Å²) >= 11 is 0. The minimum absolute atomic E-state index is 0.144. The molecule has 1 heterocycles. The molecule has 20 heavy (non-hydrogen) atoms. The van der Waals surface area contributed by atoms with Gasteiger partial charge in [-0.15, -0.1) is 0 Å². The van der Waals surface area contributed by atoms with Crippen LogP contribution >= 0.6 is 0 Å². The van der Waals surface area contributed by atoms with E-state index >= 15 is 0 Å². The molecule has 0 bridgehead atoms. The molecule has 0 aliphatic carbocycles. The van der Waals surface area contributed by atoms with Gasteiger partial charge in [-0.2, -0.15) is 0 Å². The van der Waals surface area contributed by atoms with E-state index in [0.717, 1.165) is 12.1 Å². The van der Waals surface area contributed by atoms with E-state index in [9.17, 15) is 8.42 Å². The average molecular weight is 294 g/mol. The highest BCUT2D eigenvalue weighted by Gasteiger charge is 2.17. The minimum atomic E-state index is -3.55. The molecule has 0 aliphatic heterocycles. The maximum atomic E-state index is 12.3. The van der Waals surface area contributed by atoms with Gasteiger partial charge in [0, 0.05) is 6.54 Å². The van der Waals surface area contributed by atoms with Crippen LogP contribution in [0.2, 0.25) is 0 Å². The van der Waals surface area contributed by atoms with Crippen LogP contribution in [-0.2, 0) is 23.1 Å². The molecular weight excluding hydrogens is 276 g/mol. The third kappa shape index (κ3) is 3.69. The second kappa shape index (κ2) is 6.69. The molecule has 0 spiro atoms. The topological polar surface area (TPSA) is 71.3 Å². The third-order valence-electron chi connectivity index (χ3n) is 2.84. The predicted octanol–water partition coefficient (Wildman–Crippen LogP) is 1.87. The molecular formula is C14H18N2O3S. The zero-order valence-corrected chi connectivity index (χ0v) is 12.1. The number of nitrogens with one attached hydrogen (secondary N) is 2. The molecule has 5 nitrogen and oxygen atoms in total. The third-order valence-corrected chi connectivity index (χ3v) is 4.35. The Labute approximate surface area is 119 Å². The Morgan fingerprint density at radius 2 is 1.90 bits per heavy atom. The van der Waals surface area contributed by atoms with Crippen LogP contribution in [0.3, 0.4) is 0 Å². The number of hydrogen-bond acceptors (Lipinski definition) is 4. The fraction of sp³-hybridized carbons (Fsp3) is 0.286. The van der Waals surface area contributed by atoms with Gasteiger partial charge in [0.25, 0.3) is 0 Å². The monoisotopic (exact) mass is 294 g/mol. The molecule has 0 saturated carbocycles. The van der Waals surface area contributed by atoms with Gasteiger partial charge in [0.15, 0.2) is 0 Å². The maximum absolute atomic E-state index is 12.3. The first kappa shape index (κ1) is 14.8. The summed E-state index contributed by atoms with van der Waals surface area (Å²) in [6, 6.07) is 10.4. The van der Waals surface area contributed by atoms with Crippen molar-refractivity contribution in [1.29, 1.82) is 0 Å². The summed E-state index contributed by atoms with van der Waals surface area (Å²) in [4.78, 5) is 0.299. The zero-order chi connectivity index (χ0) is 14.4. The maximum Gasteiger partial charge on any atom is 0.241 e. The van der Waals surface area contributed by atoms with Gasteiger partial charge in [0.1, 0.15) is 5.76 Å². The van der Waals surface area contributed by atoms with Crippen LogP contribution < -0.4 is 10.0 Å². The van der Waals surface area contributed by atoms with E-state index in [1.54, 1.807) is 24.3 Å². The summed E-state index contributed by atoms with van der Waals surface area (Å²) in [5.41, 5.74) is 0.751. The Hall–Kier alpha value is -1.63. The molecule has 0 fully saturated rings. The highest BCUT2D eigenvalue weighted by Crippen LogP contribution is 2.15. The number of hydrogen-bond donors (Lipinski definition) is 2. The van der Waals surface area contributed by atoms with E-state index in [2.05, 4.69) is 10.0 Å². The van der Waals surface area contributed by atoms with E-state index in [-0.39, 0.29) is 6.54 Å². The summed E-state index contributed by atoms with van der Waals surface area (Å²) in [6.45, 7) is 3.43. The molecule has 1 aromatic carbocycles. The van der Waals surface area contributed by atoms with Crippen molar-refractivity contribution in [1.82, 2.24) is 10.0 Å². The molecule has 6 heteroatoms. The van der Waals surface area contributed by atoms with E-state index in [4.69, 9.17) is 4.42 Å². The van der Waals surface area contributed by atoms with Gasteiger partial charge in [-0.3, -0.25) is 0 Å². The predicted molar refractivity (Wildman–Crippen MR) is 76.6 cm³/mol. The van der Waals surface area contributed by atoms with Crippen molar-refractivity contribution in [2.45, 2.75) is 24.9 Å². The Morgan fingerprint density at radius 1 is 1.10 bits per heavy atom. The van der Waals surface area contributed by atoms with Gasteiger partial charge in [-0.25, -0.2) is 13.1 Å². The van der Waals surface area contributed by atoms with Crippen LogP contribution in [0, 0.1) is 0 Å². The number of rotatable bonds is 7. The number of benzene rings is 1. The zero-order valence-electron chi connectivity index (χ0n) is 11.3. The highest BCUT2D eigenvalue weighted by molar-refractivity contribution is 7.89. The highest BCUT2D eigenvalue weighted by atomic mass is 32.2. The van der Waals surface area contributed by atoms with Gasteiger partial charge >= 0.3 is 0 Å². The normalized spacial score (nSPS) is 11.7. The molecule has 2 rings (SSSR count). The number of sulfonamides is 1. The summed E-state index contributed by atoms with van der Waals surface area (Å²) in [5, 5.41) is 3.14. The molecule has 2 aromatic rings. The largest absolute Gasteiger partial charge is 0.468 e. The summed E-state index contributed by atoms with van der Waals surface area (Å²) < 4.78 is 32.3. The molecule has 2 N–H and O–H groups in total. The Bertz CT molecular complexity index is 636. The van der Waals surface area contributed by atoms with Crippen LogP contribution in [0.15, 0.2) is 52.0 Å². The van der Waals surface area contributed by atoms with E-state index in [1.165, 1.54) is 6.26 Å². The second-order valence-electron chi connectivity index (χ2n) is 4.29. The Morgan fingerprint density at radius 3 is 2.60 bits per heavy atom. The summed E-state index contributed by atoms with van der Waals surface area (Å²) in [6.07, 6.45) is 1.52. The molecule has 0 aliphatic rings. The van der Waals surface area contributed by atoms with E-state index in [0.29, 0.717) is 17.2 Å². The summed E-state index contributed by atoms with van der Waals surface area (Å²) in [7, 11) is -3.55. The van der Waals surface area contributed by atoms with E-state index < -0.39 is 10.0 Å². The van der Waals surface area contributed by atoms with Crippen molar-refractivity contribution in [3.8, 4) is 0 Å². The van der Waals surface area contributed by atoms with Crippen molar-refractivity contribution in [3.05, 3.63) is 54.0 Å². The van der Waals surface area contributed by atoms with Crippen LogP contribution in [0.5, 0.6) is 0 Å². The Kier molecular flexibility index (Phi) is 4.94. The average Bonchev–Trinajstić information content (AvgIpc) is 2.97. The molecule has 0 amide bonds. The first-order chi connectivity index (χ1) is 9.63. The fourth-order valence-corrected chi connectivity index (χ4v) is 3.06. The molecule has 0 atom stereocenters. The lowest BCUT2D eigenvalue weighted by atomic mass is 10.2. The summed E-state index contributed by atoms with van der Waals surface area (Å²) in [5.74, 6) is 0.581. The minimum Gasteiger partial charge on any atom is -0.468 e. The standard InChI is InChI=1S/C14H18N2O3S/c1-2-15-10-12-6-3-4-8-14(12)20(17,18)16-11-13-7-5-9-19-13/h3-9,15-16H,2,10-11H2,1H3. The Balaban J connectivity index is 2.16. The van der Waals surface area contributed by atoms with E-state index in [1.807, 2.05) is 19.1 Å². The van der Waals surface area contributed by atoms with Crippen LogP contribution in [-0.4, -0.2) is 15.0 Å². The van der Waals surface area contributed by atoms with Gasteiger partial charge in [0.2, 0.25) is 10.0 Å². The van der Waals surface area contributed by atoms with Crippen molar-refractivity contribution in [3.63, 3.8) is 0 Å². The van der Waals surface area contributed by atoms with Crippen molar-refractivity contribution >= 4 is 10.0 Å². The van der Waals surface area contributed by atoms with Gasteiger partial charge in [-0.1, -0.05) is 25.1 Å². The lowest BCUT2D eigenvalue weighted by Crippen LogP contribution is -2.25. The van der Waals surface area contributed by atoms with Crippen molar-refractivity contribution in [2.75, 3.05) is 6.54 Å². The van der Waals surface area contributed by atoms with Crippen molar-refractivity contribution < 1.29 is 12.8 Å². The second-order valence-corrected chi connectivity index (χ2v) is 6.03. The van der Waals surface area contributed by atoms with Crippen LogP contribution in [0.1, 0.15) is 18.2 Å². The molecule has 0 saturated heterocycles. The quantitative estimate of drug-likeness (QED) is 0.818. The van der Waals surface area contributed by atoms with Gasteiger partial charge < -0.3 is 9.73 Å².